The molecular weight excluding hydrogens is 277 g/mol. The smallest absolute Gasteiger partial charge is 1.00 e. The van der Waals surface area contributed by atoms with E-state index in [2.05, 4.69) is 5.32 Å². The van der Waals surface area contributed by atoms with Gasteiger partial charge in [-0.25, -0.2) is 0 Å². The number of carboxylic acid groups (broad SMARTS) is 1. The summed E-state index contributed by atoms with van der Waals surface area (Å²) in [5, 5.41) is 22.2. The zero-order valence-electron chi connectivity index (χ0n) is 12.9. The largest absolute Gasteiger partial charge is 1.00 e. The monoisotopic (exact) mass is 295 g/mol. The SMILES string of the molecule is O=C(O)CN[C@H](c1ccccc1)[C@@H](O)c1ccccc1.[H-].[Na+]. The first-order chi connectivity index (χ1) is 9.68. The molecule has 0 unspecified atom stereocenters. The van der Waals surface area contributed by atoms with Gasteiger partial charge < -0.3 is 11.6 Å². The number of hydrogen-bond donors (Lipinski definition) is 3. The van der Waals surface area contributed by atoms with Crippen molar-refractivity contribution in [3.05, 3.63) is 71.8 Å². The van der Waals surface area contributed by atoms with E-state index in [9.17, 15) is 9.90 Å². The van der Waals surface area contributed by atoms with Crippen LogP contribution in [0.2, 0.25) is 0 Å². The van der Waals surface area contributed by atoms with Crippen LogP contribution >= 0.6 is 0 Å². The molecule has 0 saturated carbocycles. The van der Waals surface area contributed by atoms with Gasteiger partial charge in [0.1, 0.15) is 0 Å². The molecule has 2 atom stereocenters. The van der Waals surface area contributed by atoms with Gasteiger partial charge in [-0.05, 0) is 11.1 Å². The number of aliphatic hydroxyl groups excluding tert-OH is 1. The fourth-order valence-electron chi connectivity index (χ4n) is 2.11. The van der Waals surface area contributed by atoms with Crippen LogP contribution in [0.4, 0.5) is 0 Å². The van der Waals surface area contributed by atoms with E-state index in [4.69, 9.17) is 5.11 Å². The third kappa shape index (κ3) is 5.26. The molecule has 0 spiro atoms. The van der Waals surface area contributed by atoms with Gasteiger partial charge in [0.25, 0.3) is 0 Å². The second-order valence-corrected chi connectivity index (χ2v) is 4.52. The maximum atomic E-state index is 10.8. The summed E-state index contributed by atoms with van der Waals surface area (Å²) in [6.45, 7) is -0.205. The Kier molecular flexibility index (Phi) is 7.64. The minimum absolute atomic E-state index is 0. The van der Waals surface area contributed by atoms with Crippen LogP contribution in [0.5, 0.6) is 0 Å². The van der Waals surface area contributed by atoms with Crippen LogP contribution in [-0.2, 0) is 4.79 Å². The standard InChI is InChI=1S/C16H17NO3.Na.H/c18-14(19)11-17-15(12-7-3-1-4-8-12)16(20)13-9-5-2-6-10-13;;/h1-10,15-17,20H,11H2,(H,18,19);;/q;+1;-1/t15-,16+;;/m1../s1. The average Bonchev–Trinajstić information content (AvgIpc) is 2.49. The molecule has 0 radical (unpaired) electrons. The van der Waals surface area contributed by atoms with Gasteiger partial charge in [0, 0.05) is 0 Å². The van der Waals surface area contributed by atoms with Crippen molar-refractivity contribution in [3.63, 3.8) is 0 Å². The number of benzene rings is 2. The summed E-state index contributed by atoms with van der Waals surface area (Å²) in [5.41, 5.74) is 1.60. The number of carbonyl (C=O) groups is 1. The van der Waals surface area contributed by atoms with Crippen LogP contribution in [0.15, 0.2) is 60.7 Å². The van der Waals surface area contributed by atoms with E-state index >= 15 is 0 Å². The molecule has 3 N–H and O–H groups in total. The number of rotatable bonds is 6. The molecule has 0 fully saturated rings. The molecule has 0 heterocycles. The molecule has 0 aliphatic carbocycles. The number of aliphatic carboxylic acids is 1. The molecule has 0 amide bonds. The molecular formula is C16H18NNaO3. The Morgan fingerprint density at radius 2 is 1.48 bits per heavy atom. The second-order valence-electron chi connectivity index (χ2n) is 4.52. The van der Waals surface area contributed by atoms with E-state index in [-0.39, 0.29) is 37.5 Å². The molecule has 0 aliphatic rings. The minimum Gasteiger partial charge on any atom is -1.00 e. The van der Waals surface area contributed by atoms with Gasteiger partial charge in [0.15, 0.2) is 0 Å². The summed E-state index contributed by atoms with van der Waals surface area (Å²) < 4.78 is 0. The van der Waals surface area contributed by atoms with Gasteiger partial charge in [0.05, 0.1) is 18.7 Å². The minimum atomic E-state index is -0.953. The van der Waals surface area contributed by atoms with Crippen molar-refractivity contribution in [2.24, 2.45) is 0 Å². The quantitative estimate of drug-likeness (QED) is 0.614. The molecule has 106 valence electrons. The fourth-order valence-corrected chi connectivity index (χ4v) is 2.11. The van der Waals surface area contributed by atoms with E-state index in [1.807, 2.05) is 60.7 Å². The van der Waals surface area contributed by atoms with E-state index in [0.29, 0.717) is 0 Å². The van der Waals surface area contributed by atoms with Crippen LogP contribution in [-0.4, -0.2) is 22.7 Å². The van der Waals surface area contributed by atoms with Crippen molar-refractivity contribution in [1.29, 1.82) is 0 Å². The molecule has 0 aromatic heterocycles. The zero-order chi connectivity index (χ0) is 14.4. The van der Waals surface area contributed by atoms with E-state index < -0.39 is 18.1 Å². The first-order valence-corrected chi connectivity index (χ1v) is 6.41. The Balaban J connectivity index is 0.00000220. The van der Waals surface area contributed by atoms with Crippen molar-refractivity contribution in [2.75, 3.05) is 6.54 Å². The second kappa shape index (κ2) is 8.97. The normalized spacial score (nSPS) is 13.0. The van der Waals surface area contributed by atoms with Gasteiger partial charge in [-0.3, -0.25) is 10.1 Å². The number of hydrogen-bond acceptors (Lipinski definition) is 3. The molecule has 0 aliphatic heterocycles. The van der Waals surface area contributed by atoms with E-state index in [1.54, 1.807) is 0 Å². The first kappa shape index (κ1) is 17.9. The molecule has 2 rings (SSSR count). The topological polar surface area (TPSA) is 69.6 Å². The average molecular weight is 295 g/mol. The molecule has 2 aromatic rings. The van der Waals surface area contributed by atoms with Crippen molar-refractivity contribution in [1.82, 2.24) is 5.32 Å². The van der Waals surface area contributed by atoms with Gasteiger partial charge in [-0.15, -0.1) is 0 Å². The maximum Gasteiger partial charge on any atom is 1.00 e. The zero-order valence-corrected chi connectivity index (χ0v) is 13.9. The third-order valence-corrected chi connectivity index (χ3v) is 3.09. The summed E-state index contributed by atoms with van der Waals surface area (Å²) in [6.07, 6.45) is -0.807. The van der Waals surface area contributed by atoms with E-state index in [0.717, 1.165) is 11.1 Å². The number of nitrogens with one attached hydrogen (secondary N) is 1. The molecule has 2 aromatic carbocycles. The molecule has 0 saturated heterocycles. The van der Waals surface area contributed by atoms with Gasteiger partial charge in [-0.2, -0.15) is 0 Å². The molecule has 21 heavy (non-hydrogen) atoms. The summed E-state index contributed by atoms with van der Waals surface area (Å²) in [6, 6.07) is 18.1. The van der Waals surface area contributed by atoms with Crippen LogP contribution < -0.4 is 34.9 Å². The van der Waals surface area contributed by atoms with Crippen LogP contribution in [0.25, 0.3) is 0 Å². The van der Waals surface area contributed by atoms with Crippen LogP contribution in [0, 0.1) is 0 Å². The predicted octanol–water partition coefficient (Wildman–Crippen LogP) is -0.748. The first-order valence-electron chi connectivity index (χ1n) is 6.41. The summed E-state index contributed by atoms with van der Waals surface area (Å²) in [5.74, 6) is -0.953. The Hall–Kier alpha value is -1.17. The Bertz CT molecular complexity index is 554. The van der Waals surface area contributed by atoms with Crippen molar-refractivity contribution in [3.8, 4) is 0 Å². The summed E-state index contributed by atoms with van der Waals surface area (Å²) in [7, 11) is 0. The van der Waals surface area contributed by atoms with Crippen molar-refractivity contribution in [2.45, 2.75) is 12.1 Å². The van der Waals surface area contributed by atoms with Crippen LogP contribution in [0.3, 0.4) is 0 Å². The molecule has 5 heteroatoms. The molecule has 4 nitrogen and oxygen atoms in total. The Labute approximate surface area is 147 Å². The molecule has 0 bridgehead atoms. The van der Waals surface area contributed by atoms with Crippen LogP contribution in [0.1, 0.15) is 24.7 Å². The third-order valence-electron chi connectivity index (χ3n) is 3.09. The fraction of sp³-hybridized carbons (Fsp3) is 0.188. The number of aliphatic hydroxyl groups is 1. The summed E-state index contributed by atoms with van der Waals surface area (Å²) >= 11 is 0. The van der Waals surface area contributed by atoms with Crippen molar-refractivity contribution >= 4 is 5.97 Å². The predicted molar refractivity (Wildman–Crippen MR) is 77.3 cm³/mol. The van der Waals surface area contributed by atoms with Gasteiger partial charge in [-0.1, -0.05) is 60.7 Å². The van der Waals surface area contributed by atoms with Gasteiger partial charge >= 0.3 is 35.5 Å². The Morgan fingerprint density at radius 1 is 1.00 bits per heavy atom. The number of carboxylic acids is 1. The van der Waals surface area contributed by atoms with Gasteiger partial charge in [0.2, 0.25) is 0 Å². The van der Waals surface area contributed by atoms with E-state index in [1.165, 1.54) is 0 Å². The summed E-state index contributed by atoms with van der Waals surface area (Å²) in [4.78, 5) is 10.8. The Morgan fingerprint density at radius 3 is 1.95 bits per heavy atom. The maximum absolute atomic E-state index is 10.8. The van der Waals surface area contributed by atoms with Crippen molar-refractivity contribution < 1.29 is 46.0 Å².